The lowest BCUT2D eigenvalue weighted by atomic mass is 9.95. The Morgan fingerprint density at radius 1 is 1.07 bits per heavy atom. The fourth-order valence-corrected chi connectivity index (χ4v) is 6.29. The highest BCUT2D eigenvalue weighted by molar-refractivity contribution is 9.10. The molecule has 4 aromatic rings. The molecule has 8 nitrogen and oxygen atoms in total. The highest BCUT2D eigenvalue weighted by Gasteiger charge is 2.35. The average molecular weight is 678 g/mol. The Hall–Kier alpha value is -4.15. The van der Waals surface area contributed by atoms with Gasteiger partial charge in [-0.1, -0.05) is 69.7 Å². The number of para-hydroxylation sites is 2. The first-order valence-corrected chi connectivity index (χ1v) is 15.8. The van der Waals surface area contributed by atoms with Crippen molar-refractivity contribution in [3.8, 4) is 17.2 Å². The van der Waals surface area contributed by atoms with Crippen molar-refractivity contribution in [2.45, 2.75) is 46.4 Å². The number of carbonyl (C=O) groups excluding carboxylic acids is 1. The monoisotopic (exact) mass is 676 g/mol. The molecule has 5 rings (SSSR count). The van der Waals surface area contributed by atoms with Gasteiger partial charge in [0.15, 0.2) is 16.3 Å². The summed E-state index contributed by atoms with van der Waals surface area (Å²) >= 11 is 4.70. The highest BCUT2D eigenvalue weighted by atomic mass is 79.9. The van der Waals surface area contributed by atoms with Crippen molar-refractivity contribution in [1.82, 2.24) is 4.57 Å². The topological polar surface area (TPSA) is 88.4 Å². The van der Waals surface area contributed by atoms with E-state index >= 15 is 0 Å². The molecule has 0 saturated heterocycles. The van der Waals surface area contributed by atoms with Crippen LogP contribution in [-0.4, -0.2) is 30.4 Å². The van der Waals surface area contributed by atoms with Crippen molar-refractivity contribution in [3.63, 3.8) is 0 Å². The molecule has 0 fully saturated rings. The van der Waals surface area contributed by atoms with Gasteiger partial charge < -0.3 is 18.9 Å². The average Bonchev–Trinajstić information content (AvgIpc) is 3.30. The van der Waals surface area contributed by atoms with Gasteiger partial charge in [0.05, 0.1) is 35.6 Å². The third-order valence-electron chi connectivity index (χ3n) is 6.91. The number of methoxy groups -OCH3 is 1. The molecule has 1 aliphatic heterocycles. The smallest absolute Gasteiger partial charge is 0.338 e. The van der Waals surface area contributed by atoms with Crippen molar-refractivity contribution in [2.75, 3.05) is 13.7 Å². The fourth-order valence-electron chi connectivity index (χ4n) is 4.99. The summed E-state index contributed by atoms with van der Waals surface area (Å²) in [6.45, 7) is 7.87. The molecule has 10 heteroatoms. The number of thiazole rings is 1. The molecule has 0 radical (unpaired) electrons. The summed E-state index contributed by atoms with van der Waals surface area (Å²) in [7, 11) is 1.58. The van der Waals surface area contributed by atoms with Gasteiger partial charge in [0.25, 0.3) is 5.56 Å². The maximum Gasteiger partial charge on any atom is 0.338 e. The summed E-state index contributed by atoms with van der Waals surface area (Å²) in [5, 5.41) is 0. The van der Waals surface area contributed by atoms with Crippen LogP contribution in [0.1, 0.15) is 50.4 Å². The van der Waals surface area contributed by atoms with Crippen molar-refractivity contribution >= 4 is 39.3 Å². The van der Waals surface area contributed by atoms with Gasteiger partial charge >= 0.3 is 5.97 Å². The number of nitrogens with zero attached hydrogens (tertiary/aromatic N) is 2. The maximum atomic E-state index is 14.2. The molecule has 1 atom stereocenters. The maximum absolute atomic E-state index is 14.2. The molecule has 0 N–H and O–H groups in total. The van der Waals surface area contributed by atoms with E-state index in [1.165, 1.54) is 11.3 Å². The molecule has 0 amide bonds. The molecule has 0 bridgehead atoms. The van der Waals surface area contributed by atoms with Crippen LogP contribution in [0.2, 0.25) is 0 Å². The zero-order valence-corrected chi connectivity index (χ0v) is 27.5. The minimum Gasteiger partial charge on any atom is -0.493 e. The van der Waals surface area contributed by atoms with Crippen molar-refractivity contribution in [1.29, 1.82) is 0 Å². The summed E-state index contributed by atoms with van der Waals surface area (Å²) in [4.78, 5) is 32.7. The molecule has 1 aromatic heterocycles. The van der Waals surface area contributed by atoms with Crippen LogP contribution in [0.5, 0.6) is 17.2 Å². The standard InChI is InChI=1S/C34H33BrN2O6S/c1-6-41-33(39)29-21(4)36-34-37(30(29)25-11-7-8-12-26(25)43-20(2)3)32(38)28(44-34)18-23-10-9-13-27(40-5)31(23)42-19-22-14-16-24(35)17-15-22/h7-18,20,30H,6,19H2,1-5H3/b28-18-/t30-/m0/s1. The van der Waals surface area contributed by atoms with E-state index in [1.54, 1.807) is 31.6 Å². The Morgan fingerprint density at radius 2 is 1.80 bits per heavy atom. The number of rotatable bonds is 10. The quantitative estimate of drug-likeness (QED) is 0.193. The van der Waals surface area contributed by atoms with Gasteiger partial charge in [-0.15, -0.1) is 0 Å². The van der Waals surface area contributed by atoms with Gasteiger partial charge in [0.2, 0.25) is 0 Å². The number of carbonyl (C=O) groups is 1. The summed E-state index contributed by atoms with van der Waals surface area (Å²) in [5.74, 6) is 1.11. The number of halogens is 1. The molecule has 0 aliphatic carbocycles. The van der Waals surface area contributed by atoms with E-state index in [9.17, 15) is 9.59 Å². The minimum absolute atomic E-state index is 0.119. The second kappa shape index (κ2) is 13.7. The van der Waals surface area contributed by atoms with Gasteiger partial charge in [0.1, 0.15) is 18.4 Å². The van der Waals surface area contributed by atoms with Gasteiger partial charge in [-0.25, -0.2) is 9.79 Å². The Balaban J connectivity index is 1.66. The van der Waals surface area contributed by atoms with Crippen molar-refractivity contribution in [2.24, 2.45) is 4.99 Å². The summed E-state index contributed by atoms with van der Waals surface area (Å²) in [5.41, 5.74) is 2.81. The predicted molar refractivity (Wildman–Crippen MR) is 174 cm³/mol. The number of benzene rings is 3. The van der Waals surface area contributed by atoms with Crippen LogP contribution < -0.4 is 29.1 Å². The SMILES string of the molecule is CCOC(=O)C1=C(C)N=c2s/c(=C\c3cccc(OC)c3OCc3ccc(Br)cc3)c(=O)n2[C@H]1c1ccccc1OC(C)C. The molecule has 1 aliphatic rings. The van der Waals surface area contributed by atoms with Crippen LogP contribution in [0, 0.1) is 0 Å². The van der Waals surface area contributed by atoms with E-state index in [-0.39, 0.29) is 18.3 Å². The zero-order valence-electron chi connectivity index (χ0n) is 25.1. The normalized spacial score (nSPS) is 14.7. The van der Waals surface area contributed by atoms with E-state index in [4.69, 9.17) is 23.9 Å². The highest BCUT2D eigenvalue weighted by Crippen LogP contribution is 2.36. The van der Waals surface area contributed by atoms with Crippen molar-refractivity contribution < 1.29 is 23.7 Å². The number of fused-ring (bicyclic) bond motifs is 1. The van der Waals surface area contributed by atoms with Crippen LogP contribution in [0.25, 0.3) is 6.08 Å². The van der Waals surface area contributed by atoms with Crippen LogP contribution in [0.3, 0.4) is 0 Å². The fraction of sp³-hybridized carbons (Fsp3) is 0.265. The van der Waals surface area contributed by atoms with Gasteiger partial charge in [-0.2, -0.15) is 0 Å². The second-order valence-corrected chi connectivity index (χ2v) is 12.2. The molecule has 3 aromatic carbocycles. The lowest BCUT2D eigenvalue weighted by Crippen LogP contribution is -2.40. The largest absolute Gasteiger partial charge is 0.493 e. The number of allylic oxidation sites excluding steroid dienone is 1. The number of hydrogen-bond acceptors (Lipinski definition) is 8. The van der Waals surface area contributed by atoms with Crippen LogP contribution in [-0.2, 0) is 16.1 Å². The van der Waals surface area contributed by atoms with Gasteiger partial charge in [0, 0.05) is 15.6 Å². The zero-order chi connectivity index (χ0) is 31.4. The van der Waals surface area contributed by atoms with E-state index in [0.29, 0.717) is 55.6 Å². The number of hydrogen-bond donors (Lipinski definition) is 0. The lowest BCUT2D eigenvalue weighted by Gasteiger charge is -2.26. The molecule has 228 valence electrons. The molecule has 0 saturated carbocycles. The van der Waals surface area contributed by atoms with E-state index in [0.717, 1.165) is 10.0 Å². The Labute approximate surface area is 268 Å². The number of aromatic nitrogens is 1. The van der Waals surface area contributed by atoms with Crippen LogP contribution >= 0.6 is 27.3 Å². The van der Waals surface area contributed by atoms with Crippen molar-refractivity contribution in [3.05, 3.63) is 119 Å². The molecule has 0 unspecified atom stereocenters. The Morgan fingerprint density at radius 3 is 2.50 bits per heavy atom. The third-order valence-corrected chi connectivity index (χ3v) is 8.42. The van der Waals surface area contributed by atoms with Gasteiger partial charge in [-0.05, 0) is 63.6 Å². The van der Waals surface area contributed by atoms with E-state index in [1.807, 2.05) is 80.6 Å². The summed E-state index contributed by atoms with van der Waals surface area (Å²) in [6.07, 6.45) is 1.66. The first-order chi connectivity index (χ1) is 21.2. The first-order valence-electron chi connectivity index (χ1n) is 14.2. The third kappa shape index (κ3) is 6.51. The Bertz CT molecular complexity index is 1890. The summed E-state index contributed by atoms with van der Waals surface area (Å²) in [6, 6.07) is 20.0. The lowest BCUT2D eigenvalue weighted by molar-refractivity contribution is -0.139. The second-order valence-electron chi connectivity index (χ2n) is 10.3. The molecule has 44 heavy (non-hydrogen) atoms. The predicted octanol–water partition coefficient (Wildman–Crippen LogP) is 5.94. The van der Waals surface area contributed by atoms with E-state index < -0.39 is 12.0 Å². The van der Waals surface area contributed by atoms with Gasteiger partial charge in [-0.3, -0.25) is 9.36 Å². The van der Waals surface area contributed by atoms with E-state index in [2.05, 4.69) is 15.9 Å². The molecular weight excluding hydrogens is 644 g/mol. The molecular formula is C34H33BrN2O6S. The molecule has 0 spiro atoms. The number of ether oxygens (including phenoxy) is 4. The Kier molecular flexibility index (Phi) is 9.71. The first kappa shape index (κ1) is 31.3. The van der Waals surface area contributed by atoms with Crippen LogP contribution in [0.15, 0.2) is 92.3 Å². The number of esters is 1. The minimum atomic E-state index is -0.791. The van der Waals surface area contributed by atoms with Crippen LogP contribution in [0.4, 0.5) is 0 Å². The molecule has 2 heterocycles. The summed E-state index contributed by atoms with van der Waals surface area (Å²) < 4.78 is 26.4.